The van der Waals surface area contributed by atoms with E-state index >= 15 is 0 Å². The SMILES string of the molecule is C[C@@]12NC(=S)N[C@H](c3ccccc3O1)[C@H]2C(=O)Nc1ccc(Cl)cc1. The number of thiocarbonyl (C=S) groups is 1. The number of carbonyl (C=O) groups excluding carboxylic acids is 1. The number of anilines is 1. The fourth-order valence-corrected chi connectivity index (χ4v) is 3.90. The third-order valence-electron chi connectivity index (χ3n) is 4.55. The first-order valence-electron chi connectivity index (χ1n) is 7.89. The molecule has 2 aromatic carbocycles. The molecule has 2 aliphatic rings. The molecule has 0 unspecified atom stereocenters. The minimum atomic E-state index is -0.933. The van der Waals surface area contributed by atoms with E-state index in [1.807, 2.05) is 31.2 Å². The first-order chi connectivity index (χ1) is 12.0. The van der Waals surface area contributed by atoms with E-state index < -0.39 is 11.6 Å². The van der Waals surface area contributed by atoms with Gasteiger partial charge >= 0.3 is 0 Å². The maximum atomic E-state index is 13.0. The molecule has 2 heterocycles. The van der Waals surface area contributed by atoms with Crippen molar-refractivity contribution in [3.63, 3.8) is 0 Å². The van der Waals surface area contributed by atoms with Crippen LogP contribution in [0.1, 0.15) is 18.5 Å². The minimum absolute atomic E-state index is 0.160. The quantitative estimate of drug-likeness (QED) is 0.705. The molecule has 0 aliphatic carbocycles. The highest BCUT2D eigenvalue weighted by Gasteiger charge is 2.54. The van der Waals surface area contributed by atoms with Gasteiger partial charge in [-0.05, 0) is 49.5 Å². The minimum Gasteiger partial charge on any atom is -0.467 e. The summed E-state index contributed by atoms with van der Waals surface area (Å²) in [6.07, 6.45) is 0. The second-order valence-corrected chi connectivity index (χ2v) is 7.14. The molecule has 25 heavy (non-hydrogen) atoms. The summed E-state index contributed by atoms with van der Waals surface area (Å²) in [5, 5.41) is 10.3. The van der Waals surface area contributed by atoms with Gasteiger partial charge in [0.1, 0.15) is 11.7 Å². The van der Waals surface area contributed by atoms with Crippen LogP contribution in [0.2, 0.25) is 5.02 Å². The molecule has 4 rings (SSSR count). The van der Waals surface area contributed by atoms with Gasteiger partial charge in [0, 0.05) is 16.3 Å². The van der Waals surface area contributed by atoms with Crippen molar-refractivity contribution in [1.29, 1.82) is 0 Å². The highest BCUT2D eigenvalue weighted by molar-refractivity contribution is 7.80. The summed E-state index contributed by atoms with van der Waals surface area (Å²) < 4.78 is 6.13. The topological polar surface area (TPSA) is 62.4 Å². The Hall–Kier alpha value is -2.31. The Morgan fingerprint density at radius 2 is 1.96 bits per heavy atom. The van der Waals surface area contributed by atoms with Gasteiger partial charge in [0.2, 0.25) is 5.91 Å². The first-order valence-corrected chi connectivity index (χ1v) is 8.68. The Morgan fingerprint density at radius 3 is 2.72 bits per heavy atom. The van der Waals surface area contributed by atoms with E-state index in [9.17, 15) is 4.79 Å². The van der Waals surface area contributed by atoms with Crippen molar-refractivity contribution in [3.8, 4) is 5.75 Å². The summed E-state index contributed by atoms with van der Waals surface area (Å²) in [5.41, 5.74) is 0.662. The summed E-state index contributed by atoms with van der Waals surface area (Å²) in [4.78, 5) is 13.0. The smallest absolute Gasteiger partial charge is 0.236 e. The van der Waals surface area contributed by atoms with Crippen LogP contribution in [0.3, 0.4) is 0 Å². The summed E-state index contributed by atoms with van der Waals surface area (Å²) in [5.74, 6) is 0.0737. The molecule has 2 aromatic rings. The average Bonchev–Trinajstić information content (AvgIpc) is 2.55. The zero-order valence-electron chi connectivity index (χ0n) is 13.4. The van der Waals surface area contributed by atoms with Crippen LogP contribution in [0.5, 0.6) is 5.75 Å². The lowest BCUT2D eigenvalue weighted by Gasteiger charge is -2.50. The molecular weight excluding hydrogens is 358 g/mol. The molecule has 1 saturated heterocycles. The van der Waals surface area contributed by atoms with E-state index in [1.54, 1.807) is 24.3 Å². The summed E-state index contributed by atoms with van der Waals surface area (Å²) in [6, 6.07) is 14.4. The number of rotatable bonds is 2. The molecule has 0 spiro atoms. The Bertz CT molecular complexity index is 858. The number of halogens is 1. The number of ether oxygens (including phenoxy) is 1. The number of carbonyl (C=O) groups is 1. The molecule has 1 amide bonds. The number of benzene rings is 2. The number of para-hydroxylation sites is 1. The van der Waals surface area contributed by atoms with Crippen LogP contribution in [0, 0.1) is 5.92 Å². The van der Waals surface area contributed by atoms with Crippen molar-refractivity contribution >= 4 is 40.5 Å². The van der Waals surface area contributed by atoms with Crippen molar-refractivity contribution in [2.75, 3.05) is 5.32 Å². The predicted octanol–water partition coefficient (Wildman–Crippen LogP) is 3.22. The van der Waals surface area contributed by atoms with Crippen LogP contribution in [-0.2, 0) is 4.79 Å². The van der Waals surface area contributed by atoms with Gasteiger partial charge in [-0.15, -0.1) is 0 Å². The lowest BCUT2D eigenvalue weighted by molar-refractivity contribution is -0.132. The largest absolute Gasteiger partial charge is 0.467 e. The number of amides is 1. The standard InChI is InChI=1S/C18H16ClN3O2S/c1-18-14(16(23)20-11-8-6-10(19)7-9-11)15(21-17(25)22-18)12-4-2-3-5-13(12)24-18/h2-9,14-15H,1H3,(H,20,23)(H2,21,22,25)/t14-,15+,18+/m0/s1. The first kappa shape index (κ1) is 16.2. The fourth-order valence-electron chi connectivity index (χ4n) is 3.44. The number of hydrogen-bond acceptors (Lipinski definition) is 3. The van der Waals surface area contributed by atoms with Gasteiger partial charge in [-0.1, -0.05) is 29.8 Å². The van der Waals surface area contributed by atoms with E-state index in [4.69, 9.17) is 28.6 Å². The second-order valence-electron chi connectivity index (χ2n) is 6.30. The Morgan fingerprint density at radius 1 is 1.24 bits per heavy atom. The fraction of sp³-hybridized carbons (Fsp3) is 0.222. The predicted molar refractivity (Wildman–Crippen MR) is 101 cm³/mol. The molecular formula is C18H16ClN3O2S. The van der Waals surface area contributed by atoms with Gasteiger partial charge in [-0.3, -0.25) is 4.79 Å². The maximum Gasteiger partial charge on any atom is 0.236 e. The molecule has 7 heteroatoms. The van der Waals surface area contributed by atoms with E-state index in [-0.39, 0.29) is 11.9 Å². The van der Waals surface area contributed by atoms with Crippen LogP contribution in [-0.4, -0.2) is 16.7 Å². The van der Waals surface area contributed by atoms with E-state index in [1.165, 1.54) is 0 Å². The van der Waals surface area contributed by atoms with Crippen molar-refractivity contribution in [3.05, 3.63) is 59.1 Å². The normalized spacial score (nSPS) is 26.6. The zero-order valence-corrected chi connectivity index (χ0v) is 14.9. The molecule has 128 valence electrons. The molecule has 0 aromatic heterocycles. The van der Waals surface area contributed by atoms with Gasteiger partial charge in [-0.2, -0.15) is 0 Å². The lowest BCUT2D eigenvalue weighted by Crippen LogP contribution is -2.70. The molecule has 5 nitrogen and oxygen atoms in total. The molecule has 0 radical (unpaired) electrons. The van der Waals surface area contributed by atoms with Gasteiger partial charge in [0.05, 0.1) is 6.04 Å². The van der Waals surface area contributed by atoms with Crippen LogP contribution in [0.15, 0.2) is 48.5 Å². The Balaban J connectivity index is 1.69. The Labute approximate surface area is 155 Å². The van der Waals surface area contributed by atoms with Gasteiger partial charge in [-0.25, -0.2) is 0 Å². The van der Waals surface area contributed by atoms with Crippen LogP contribution >= 0.6 is 23.8 Å². The lowest BCUT2D eigenvalue weighted by atomic mass is 9.80. The Kier molecular flexibility index (Phi) is 3.81. The maximum absolute atomic E-state index is 13.0. The number of fused-ring (bicyclic) bond motifs is 4. The van der Waals surface area contributed by atoms with Gasteiger partial charge < -0.3 is 20.7 Å². The average molecular weight is 374 g/mol. The van der Waals surface area contributed by atoms with Crippen LogP contribution < -0.4 is 20.7 Å². The molecule has 1 fully saturated rings. The summed E-state index contributed by atoms with van der Waals surface area (Å²) in [6.45, 7) is 1.84. The summed E-state index contributed by atoms with van der Waals surface area (Å²) in [7, 11) is 0. The molecule has 0 saturated carbocycles. The third-order valence-corrected chi connectivity index (χ3v) is 5.02. The second kappa shape index (κ2) is 5.89. The molecule has 2 bridgehead atoms. The highest BCUT2D eigenvalue weighted by Crippen LogP contribution is 2.44. The monoisotopic (exact) mass is 373 g/mol. The van der Waals surface area contributed by atoms with E-state index in [0.717, 1.165) is 11.3 Å². The molecule has 3 N–H and O–H groups in total. The number of hydrogen-bond donors (Lipinski definition) is 3. The van der Waals surface area contributed by atoms with Crippen LogP contribution in [0.4, 0.5) is 5.69 Å². The van der Waals surface area contributed by atoms with Gasteiger partial charge in [0.25, 0.3) is 0 Å². The van der Waals surface area contributed by atoms with Crippen molar-refractivity contribution in [1.82, 2.24) is 10.6 Å². The van der Waals surface area contributed by atoms with Crippen LogP contribution in [0.25, 0.3) is 0 Å². The highest BCUT2D eigenvalue weighted by atomic mass is 35.5. The number of nitrogens with one attached hydrogen (secondary N) is 3. The molecule has 2 aliphatic heterocycles. The van der Waals surface area contributed by atoms with Crippen molar-refractivity contribution in [2.45, 2.75) is 18.7 Å². The summed E-state index contributed by atoms with van der Waals surface area (Å²) >= 11 is 11.2. The molecule has 3 atom stereocenters. The van der Waals surface area contributed by atoms with E-state index in [2.05, 4.69) is 16.0 Å². The van der Waals surface area contributed by atoms with Crippen molar-refractivity contribution in [2.24, 2.45) is 5.92 Å². The zero-order chi connectivity index (χ0) is 17.6. The van der Waals surface area contributed by atoms with Crippen molar-refractivity contribution < 1.29 is 9.53 Å². The van der Waals surface area contributed by atoms with Gasteiger partial charge in [0.15, 0.2) is 10.8 Å². The third kappa shape index (κ3) is 2.81. The van der Waals surface area contributed by atoms with E-state index in [0.29, 0.717) is 15.8 Å².